The van der Waals surface area contributed by atoms with E-state index in [4.69, 9.17) is 4.74 Å². The summed E-state index contributed by atoms with van der Waals surface area (Å²) in [5.74, 6) is -0.485. The van der Waals surface area contributed by atoms with Crippen molar-refractivity contribution in [2.75, 3.05) is 31.6 Å². The molecular weight excluding hydrogens is 394 g/mol. The largest absolute Gasteiger partial charge is 0.466 e. The molecule has 0 unspecified atom stereocenters. The molecule has 1 fully saturated rings. The highest BCUT2D eigenvalue weighted by Crippen LogP contribution is 2.18. The summed E-state index contributed by atoms with van der Waals surface area (Å²) in [5, 5.41) is 5.75. The Morgan fingerprint density at radius 1 is 1.00 bits per heavy atom. The van der Waals surface area contributed by atoms with Gasteiger partial charge in [0.05, 0.1) is 19.1 Å². The highest BCUT2D eigenvalue weighted by molar-refractivity contribution is 5.96. The van der Waals surface area contributed by atoms with Crippen LogP contribution in [0, 0.1) is 5.92 Å². The number of piperidine rings is 1. The molecule has 7 nitrogen and oxygen atoms in total. The molecule has 0 atom stereocenters. The summed E-state index contributed by atoms with van der Waals surface area (Å²) in [4.78, 5) is 38.5. The van der Waals surface area contributed by atoms with Crippen molar-refractivity contribution in [3.8, 4) is 0 Å². The predicted molar refractivity (Wildman–Crippen MR) is 118 cm³/mol. The molecule has 1 saturated heterocycles. The maximum absolute atomic E-state index is 12.4. The first-order chi connectivity index (χ1) is 15.0. The number of esters is 1. The summed E-state index contributed by atoms with van der Waals surface area (Å²) in [6.45, 7) is 4.32. The maximum atomic E-state index is 12.4. The van der Waals surface area contributed by atoms with E-state index in [1.165, 1.54) is 0 Å². The standard InChI is InChI=1S/C24H29N3O4/c1-2-31-24(30)20-12-14-27(15-13-20)17-22(28)26-21-10-8-19(9-11-21)23(29)25-16-18-6-4-3-5-7-18/h3-11,20H,2,12-17H2,1H3,(H,25,29)(H,26,28). The van der Waals surface area contributed by atoms with Gasteiger partial charge in [0.2, 0.25) is 5.91 Å². The maximum Gasteiger partial charge on any atom is 0.309 e. The minimum Gasteiger partial charge on any atom is -0.466 e. The molecular formula is C24H29N3O4. The van der Waals surface area contributed by atoms with Crippen LogP contribution in [0.2, 0.25) is 0 Å². The zero-order chi connectivity index (χ0) is 22.1. The molecule has 3 rings (SSSR count). The average Bonchev–Trinajstić information content (AvgIpc) is 2.79. The Balaban J connectivity index is 1.41. The summed E-state index contributed by atoms with van der Waals surface area (Å²) in [5.41, 5.74) is 2.21. The molecule has 2 N–H and O–H groups in total. The van der Waals surface area contributed by atoms with E-state index in [0.717, 1.165) is 5.56 Å². The van der Waals surface area contributed by atoms with E-state index in [-0.39, 0.29) is 30.2 Å². The second-order valence-electron chi connectivity index (χ2n) is 7.60. The quantitative estimate of drug-likeness (QED) is 0.638. The first-order valence-electron chi connectivity index (χ1n) is 10.7. The van der Waals surface area contributed by atoms with Crippen molar-refractivity contribution in [2.24, 2.45) is 5.92 Å². The number of carbonyl (C=O) groups excluding carboxylic acids is 3. The number of nitrogens with zero attached hydrogens (tertiary/aromatic N) is 1. The van der Waals surface area contributed by atoms with E-state index in [2.05, 4.69) is 10.6 Å². The number of hydrogen-bond donors (Lipinski definition) is 2. The average molecular weight is 424 g/mol. The molecule has 0 aromatic heterocycles. The molecule has 164 valence electrons. The topological polar surface area (TPSA) is 87.7 Å². The highest BCUT2D eigenvalue weighted by Gasteiger charge is 2.26. The Labute approximate surface area is 182 Å². The van der Waals surface area contributed by atoms with Crippen molar-refractivity contribution in [3.63, 3.8) is 0 Å². The normalized spacial score (nSPS) is 14.6. The lowest BCUT2D eigenvalue weighted by atomic mass is 9.97. The van der Waals surface area contributed by atoms with Crippen LogP contribution in [0.5, 0.6) is 0 Å². The van der Waals surface area contributed by atoms with E-state index in [1.54, 1.807) is 31.2 Å². The van der Waals surface area contributed by atoms with Crippen molar-refractivity contribution in [1.82, 2.24) is 10.2 Å². The van der Waals surface area contributed by atoms with Gasteiger partial charge in [0.25, 0.3) is 5.91 Å². The van der Waals surface area contributed by atoms with Crippen LogP contribution in [0.4, 0.5) is 5.69 Å². The minimum absolute atomic E-state index is 0.0696. The number of benzene rings is 2. The van der Waals surface area contributed by atoms with Crippen molar-refractivity contribution in [2.45, 2.75) is 26.3 Å². The molecule has 0 saturated carbocycles. The molecule has 1 aliphatic heterocycles. The van der Waals surface area contributed by atoms with E-state index in [0.29, 0.717) is 50.3 Å². The zero-order valence-corrected chi connectivity index (χ0v) is 17.8. The van der Waals surface area contributed by atoms with Gasteiger partial charge in [0, 0.05) is 17.8 Å². The molecule has 2 aromatic carbocycles. The van der Waals surface area contributed by atoms with Crippen LogP contribution in [0.25, 0.3) is 0 Å². The summed E-state index contributed by atoms with van der Waals surface area (Å²) >= 11 is 0. The second-order valence-corrected chi connectivity index (χ2v) is 7.60. The van der Waals surface area contributed by atoms with Crippen molar-refractivity contribution in [1.29, 1.82) is 0 Å². The summed E-state index contributed by atoms with van der Waals surface area (Å²) in [6.07, 6.45) is 1.41. The summed E-state index contributed by atoms with van der Waals surface area (Å²) < 4.78 is 5.08. The van der Waals surface area contributed by atoms with Crippen LogP contribution in [0.3, 0.4) is 0 Å². The van der Waals surface area contributed by atoms with Crippen LogP contribution in [-0.4, -0.2) is 48.9 Å². The molecule has 1 aliphatic rings. The molecule has 0 bridgehead atoms. The van der Waals surface area contributed by atoms with Gasteiger partial charge in [0.1, 0.15) is 0 Å². The van der Waals surface area contributed by atoms with Gasteiger partial charge in [-0.1, -0.05) is 30.3 Å². The number of anilines is 1. The van der Waals surface area contributed by atoms with Gasteiger partial charge in [-0.2, -0.15) is 0 Å². The lowest BCUT2D eigenvalue weighted by molar-refractivity contribution is -0.149. The first kappa shape index (κ1) is 22.5. The second kappa shape index (κ2) is 11.3. The molecule has 2 amide bonds. The Morgan fingerprint density at radius 3 is 2.32 bits per heavy atom. The van der Waals surface area contributed by atoms with Gasteiger partial charge < -0.3 is 15.4 Å². The minimum atomic E-state index is -0.161. The fourth-order valence-electron chi connectivity index (χ4n) is 3.58. The summed E-state index contributed by atoms with van der Waals surface area (Å²) in [6, 6.07) is 16.6. The number of ether oxygens (including phenoxy) is 1. The van der Waals surface area contributed by atoms with Crippen LogP contribution < -0.4 is 10.6 Å². The third-order valence-corrected chi connectivity index (χ3v) is 5.30. The van der Waals surface area contributed by atoms with Gasteiger partial charge in [-0.05, 0) is 62.7 Å². The molecule has 31 heavy (non-hydrogen) atoms. The van der Waals surface area contributed by atoms with Gasteiger partial charge in [-0.25, -0.2) is 0 Å². The molecule has 0 radical (unpaired) electrons. The van der Waals surface area contributed by atoms with E-state index >= 15 is 0 Å². The number of nitrogens with one attached hydrogen (secondary N) is 2. The Morgan fingerprint density at radius 2 is 1.68 bits per heavy atom. The SMILES string of the molecule is CCOC(=O)C1CCN(CC(=O)Nc2ccc(C(=O)NCc3ccccc3)cc2)CC1. The smallest absolute Gasteiger partial charge is 0.309 e. The third-order valence-electron chi connectivity index (χ3n) is 5.30. The van der Waals surface area contributed by atoms with Crippen molar-refractivity contribution in [3.05, 3.63) is 65.7 Å². The third kappa shape index (κ3) is 6.93. The highest BCUT2D eigenvalue weighted by atomic mass is 16.5. The fourth-order valence-corrected chi connectivity index (χ4v) is 3.58. The molecule has 2 aromatic rings. The number of hydrogen-bond acceptors (Lipinski definition) is 5. The van der Waals surface area contributed by atoms with E-state index < -0.39 is 0 Å². The Hall–Kier alpha value is -3.19. The fraction of sp³-hybridized carbons (Fsp3) is 0.375. The van der Waals surface area contributed by atoms with Gasteiger partial charge >= 0.3 is 5.97 Å². The lowest BCUT2D eigenvalue weighted by Gasteiger charge is -2.30. The number of carbonyl (C=O) groups is 3. The Kier molecular flexibility index (Phi) is 8.18. The summed E-state index contributed by atoms with van der Waals surface area (Å²) in [7, 11) is 0. The van der Waals surface area contributed by atoms with Gasteiger partial charge in [0.15, 0.2) is 0 Å². The van der Waals surface area contributed by atoms with Crippen LogP contribution in [-0.2, 0) is 20.9 Å². The number of amides is 2. The van der Waals surface area contributed by atoms with Gasteiger partial charge in [-0.3, -0.25) is 19.3 Å². The molecule has 0 aliphatic carbocycles. The van der Waals surface area contributed by atoms with E-state index in [1.807, 2.05) is 35.2 Å². The van der Waals surface area contributed by atoms with Crippen molar-refractivity contribution < 1.29 is 19.1 Å². The van der Waals surface area contributed by atoms with Crippen LogP contribution in [0.1, 0.15) is 35.7 Å². The first-order valence-corrected chi connectivity index (χ1v) is 10.7. The number of likely N-dealkylation sites (tertiary alicyclic amines) is 1. The Bertz CT molecular complexity index is 875. The molecule has 7 heteroatoms. The van der Waals surface area contributed by atoms with E-state index in [9.17, 15) is 14.4 Å². The molecule has 1 heterocycles. The lowest BCUT2D eigenvalue weighted by Crippen LogP contribution is -2.41. The molecule has 0 spiro atoms. The van der Waals surface area contributed by atoms with Crippen LogP contribution >= 0.6 is 0 Å². The predicted octanol–water partition coefficient (Wildman–Crippen LogP) is 2.83. The van der Waals surface area contributed by atoms with Gasteiger partial charge in [-0.15, -0.1) is 0 Å². The number of rotatable bonds is 8. The monoisotopic (exact) mass is 423 g/mol. The zero-order valence-electron chi connectivity index (χ0n) is 17.8. The van der Waals surface area contributed by atoms with Crippen LogP contribution in [0.15, 0.2) is 54.6 Å². The van der Waals surface area contributed by atoms with Crippen molar-refractivity contribution >= 4 is 23.5 Å².